The molecule has 0 aromatic heterocycles. The van der Waals surface area contributed by atoms with E-state index < -0.39 is 0 Å². The summed E-state index contributed by atoms with van der Waals surface area (Å²) in [5, 5.41) is 3.35. The van der Waals surface area contributed by atoms with Crippen molar-refractivity contribution in [3.63, 3.8) is 0 Å². The van der Waals surface area contributed by atoms with Crippen molar-refractivity contribution >= 4 is 5.91 Å². The molecule has 0 radical (unpaired) electrons. The Balaban J connectivity index is 1.41. The second-order valence-electron chi connectivity index (χ2n) is 8.51. The van der Waals surface area contributed by atoms with Gasteiger partial charge in [0, 0.05) is 39.3 Å². The summed E-state index contributed by atoms with van der Waals surface area (Å²) in [6.45, 7) is 7.23. The Morgan fingerprint density at radius 3 is 2.56 bits per heavy atom. The maximum atomic E-state index is 13.5. The predicted octanol–water partition coefficient (Wildman–Crippen LogP) is 1.92. The minimum atomic E-state index is -0.276. The van der Waals surface area contributed by atoms with E-state index in [0.717, 1.165) is 52.2 Å². The van der Waals surface area contributed by atoms with E-state index in [4.69, 9.17) is 4.74 Å². The summed E-state index contributed by atoms with van der Waals surface area (Å²) in [5.74, 6) is 0.319. The van der Waals surface area contributed by atoms with E-state index in [0.29, 0.717) is 5.91 Å². The zero-order chi connectivity index (χ0) is 18.5. The van der Waals surface area contributed by atoms with Crippen LogP contribution in [-0.2, 0) is 16.0 Å². The number of rotatable bonds is 5. The van der Waals surface area contributed by atoms with Crippen LogP contribution in [0.5, 0.6) is 0 Å². The van der Waals surface area contributed by atoms with Crippen molar-refractivity contribution in [3.8, 4) is 0 Å². The molecule has 148 valence electrons. The third-order valence-corrected chi connectivity index (χ3v) is 6.31. The fourth-order valence-electron chi connectivity index (χ4n) is 4.72. The SMILES string of the molecule is O=C(N1CCCOC(CN2CCCCC2)C1)C1(Cc2ccccc2)CNC1. The molecule has 1 amide bonds. The van der Waals surface area contributed by atoms with Gasteiger partial charge in [-0.05, 0) is 44.3 Å². The molecule has 3 fully saturated rings. The molecule has 3 heterocycles. The monoisotopic (exact) mass is 371 g/mol. The van der Waals surface area contributed by atoms with Gasteiger partial charge in [-0.25, -0.2) is 0 Å². The fourth-order valence-corrected chi connectivity index (χ4v) is 4.72. The second kappa shape index (κ2) is 8.72. The zero-order valence-electron chi connectivity index (χ0n) is 16.4. The van der Waals surface area contributed by atoms with E-state index in [1.54, 1.807) is 0 Å². The van der Waals surface area contributed by atoms with Crippen molar-refractivity contribution < 1.29 is 9.53 Å². The van der Waals surface area contributed by atoms with E-state index in [2.05, 4.69) is 39.4 Å². The third kappa shape index (κ3) is 4.53. The van der Waals surface area contributed by atoms with Gasteiger partial charge in [0.25, 0.3) is 0 Å². The van der Waals surface area contributed by atoms with E-state index in [9.17, 15) is 4.79 Å². The highest BCUT2D eigenvalue weighted by Crippen LogP contribution is 2.31. The summed E-state index contributed by atoms with van der Waals surface area (Å²) in [6.07, 6.45) is 5.85. The number of nitrogens with one attached hydrogen (secondary N) is 1. The Kier molecular flexibility index (Phi) is 6.11. The van der Waals surface area contributed by atoms with Crippen LogP contribution in [0.4, 0.5) is 0 Å². The summed E-state index contributed by atoms with van der Waals surface area (Å²) < 4.78 is 6.12. The average Bonchev–Trinajstić information content (AvgIpc) is 2.91. The Labute approximate surface area is 163 Å². The zero-order valence-corrected chi connectivity index (χ0v) is 16.4. The van der Waals surface area contributed by atoms with Gasteiger partial charge in [0.2, 0.25) is 5.91 Å². The summed E-state index contributed by atoms with van der Waals surface area (Å²) in [4.78, 5) is 18.1. The number of carbonyl (C=O) groups excluding carboxylic acids is 1. The van der Waals surface area contributed by atoms with E-state index >= 15 is 0 Å². The number of nitrogens with zero attached hydrogens (tertiary/aromatic N) is 2. The molecule has 3 aliphatic heterocycles. The lowest BCUT2D eigenvalue weighted by Gasteiger charge is -2.44. The molecule has 4 rings (SSSR count). The van der Waals surface area contributed by atoms with E-state index in [-0.39, 0.29) is 11.5 Å². The number of amides is 1. The summed E-state index contributed by atoms with van der Waals surface area (Å²) in [7, 11) is 0. The van der Waals surface area contributed by atoms with Gasteiger partial charge in [-0.2, -0.15) is 0 Å². The van der Waals surface area contributed by atoms with Gasteiger partial charge >= 0.3 is 0 Å². The first kappa shape index (κ1) is 18.9. The smallest absolute Gasteiger partial charge is 0.231 e. The predicted molar refractivity (Wildman–Crippen MR) is 107 cm³/mol. The van der Waals surface area contributed by atoms with Crippen LogP contribution in [0.25, 0.3) is 0 Å². The second-order valence-corrected chi connectivity index (χ2v) is 8.51. The highest BCUT2D eigenvalue weighted by atomic mass is 16.5. The van der Waals surface area contributed by atoms with Gasteiger partial charge < -0.3 is 19.9 Å². The molecule has 0 spiro atoms. The van der Waals surface area contributed by atoms with Crippen LogP contribution >= 0.6 is 0 Å². The van der Waals surface area contributed by atoms with Crippen molar-refractivity contribution in [1.29, 1.82) is 0 Å². The van der Waals surface area contributed by atoms with E-state index in [1.807, 2.05) is 6.07 Å². The van der Waals surface area contributed by atoms with Gasteiger partial charge in [0.15, 0.2) is 0 Å². The molecule has 0 aliphatic carbocycles. The molecule has 5 heteroatoms. The summed E-state index contributed by atoms with van der Waals surface area (Å²) in [6, 6.07) is 10.4. The Morgan fingerprint density at radius 2 is 1.85 bits per heavy atom. The molecule has 1 N–H and O–H groups in total. The van der Waals surface area contributed by atoms with Gasteiger partial charge in [0.1, 0.15) is 0 Å². The lowest BCUT2D eigenvalue weighted by atomic mass is 9.75. The van der Waals surface area contributed by atoms with Crippen molar-refractivity contribution in [2.75, 3.05) is 52.4 Å². The summed E-state index contributed by atoms with van der Waals surface area (Å²) >= 11 is 0. The number of hydrogen-bond donors (Lipinski definition) is 1. The molecular weight excluding hydrogens is 338 g/mol. The lowest BCUT2D eigenvalue weighted by Crippen LogP contribution is -2.63. The first-order valence-electron chi connectivity index (χ1n) is 10.6. The average molecular weight is 372 g/mol. The normalized spacial score (nSPS) is 26.2. The highest BCUT2D eigenvalue weighted by molar-refractivity contribution is 5.85. The minimum absolute atomic E-state index is 0.149. The Morgan fingerprint density at radius 1 is 1.07 bits per heavy atom. The molecule has 1 atom stereocenters. The van der Waals surface area contributed by atoms with Gasteiger partial charge in [0.05, 0.1) is 11.5 Å². The highest BCUT2D eigenvalue weighted by Gasteiger charge is 2.46. The van der Waals surface area contributed by atoms with Gasteiger partial charge in [-0.1, -0.05) is 36.8 Å². The number of ether oxygens (including phenoxy) is 1. The molecule has 27 heavy (non-hydrogen) atoms. The van der Waals surface area contributed by atoms with Crippen LogP contribution in [0.1, 0.15) is 31.2 Å². The number of hydrogen-bond acceptors (Lipinski definition) is 4. The maximum absolute atomic E-state index is 13.5. The van der Waals surface area contributed by atoms with Gasteiger partial charge in [-0.15, -0.1) is 0 Å². The van der Waals surface area contributed by atoms with Crippen LogP contribution in [0.3, 0.4) is 0 Å². The fraction of sp³-hybridized carbons (Fsp3) is 0.682. The molecule has 3 saturated heterocycles. The van der Waals surface area contributed by atoms with Crippen LogP contribution in [0, 0.1) is 5.41 Å². The van der Waals surface area contributed by atoms with Crippen molar-refractivity contribution in [2.45, 2.75) is 38.2 Å². The lowest BCUT2D eigenvalue weighted by molar-refractivity contribution is -0.146. The molecule has 1 aromatic rings. The molecule has 0 saturated carbocycles. The maximum Gasteiger partial charge on any atom is 0.231 e. The van der Waals surface area contributed by atoms with Crippen molar-refractivity contribution in [3.05, 3.63) is 35.9 Å². The number of piperidine rings is 1. The largest absolute Gasteiger partial charge is 0.375 e. The van der Waals surface area contributed by atoms with Crippen LogP contribution in [-0.4, -0.2) is 74.2 Å². The van der Waals surface area contributed by atoms with Crippen LogP contribution in [0.15, 0.2) is 30.3 Å². The number of benzene rings is 1. The molecule has 0 bridgehead atoms. The number of carbonyl (C=O) groups is 1. The molecular formula is C22H33N3O2. The molecule has 5 nitrogen and oxygen atoms in total. The Bertz CT molecular complexity index is 611. The molecule has 1 aromatic carbocycles. The first-order valence-corrected chi connectivity index (χ1v) is 10.6. The van der Waals surface area contributed by atoms with Crippen LogP contribution < -0.4 is 5.32 Å². The third-order valence-electron chi connectivity index (χ3n) is 6.31. The topological polar surface area (TPSA) is 44.8 Å². The Hall–Kier alpha value is -1.43. The quantitative estimate of drug-likeness (QED) is 0.859. The number of likely N-dealkylation sites (tertiary alicyclic amines) is 1. The van der Waals surface area contributed by atoms with E-state index in [1.165, 1.54) is 37.9 Å². The summed E-state index contributed by atoms with van der Waals surface area (Å²) in [5.41, 5.74) is 0.977. The molecule has 1 unspecified atom stereocenters. The van der Waals surface area contributed by atoms with Crippen molar-refractivity contribution in [2.24, 2.45) is 5.41 Å². The first-order chi connectivity index (χ1) is 13.3. The van der Waals surface area contributed by atoms with Crippen molar-refractivity contribution in [1.82, 2.24) is 15.1 Å². The van der Waals surface area contributed by atoms with Gasteiger partial charge in [-0.3, -0.25) is 4.79 Å². The molecule has 3 aliphatic rings. The standard InChI is InChI=1S/C22H33N3O2/c26-21(22(17-23-18-22)14-19-8-3-1-4-9-19)25-12-7-13-27-20(16-25)15-24-10-5-2-6-11-24/h1,3-4,8-9,20,23H,2,5-7,10-18H2. The minimum Gasteiger partial charge on any atom is -0.375 e. The van der Waals surface area contributed by atoms with Crippen LogP contribution in [0.2, 0.25) is 0 Å².